The SMILES string of the molecule is CC1=C(C#N)C(c2ccc3[nH]nc(-c4ccccn4)c3c2)C(C#N)=C(C)N1. The maximum atomic E-state index is 9.69. The number of benzene rings is 1. The molecule has 4 rings (SSSR count). The molecule has 27 heavy (non-hydrogen) atoms. The molecule has 1 aliphatic rings. The topological polar surface area (TPSA) is 101 Å². The Balaban J connectivity index is 1.93. The first kappa shape index (κ1) is 16.6. The van der Waals surface area contributed by atoms with Crippen LogP contribution in [-0.2, 0) is 0 Å². The van der Waals surface area contributed by atoms with Crippen molar-refractivity contribution >= 4 is 10.9 Å². The summed E-state index contributed by atoms with van der Waals surface area (Å²) in [5.41, 5.74) is 5.94. The molecule has 0 unspecified atom stereocenters. The van der Waals surface area contributed by atoms with Gasteiger partial charge in [0.15, 0.2) is 0 Å². The number of allylic oxidation sites excluding steroid dienone is 4. The zero-order valence-electron chi connectivity index (χ0n) is 14.9. The summed E-state index contributed by atoms with van der Waals surface area (Å²) in [6, 6.07) is 16.1. The van der Waals surface area contributed by atoms with Gasteiger partial charge in [0.1, 0.15) is 5.69 Å². The second kappa shape index (κ2) is 6.44. The van der Waals surface area contributed by atoms with E-state index in [1.807, 2.05) is 50.2 Å². The van der Waals surface area contributed by atoms with Crippen LogP contribution in [0.5, 0.6) is 0 Å². The molecule has 6 heteroatoms. The molecule has 0 radical (unpaired) electrons. The van der Waals surface area contributed by atoms with Gasteiger partial charge in [-0.2, -0.15) is 15.6 Å². The molecule has 1 aliphatic heterocycles. The first-order valence-corrected chi connectivity index (χ1v) is 8.52. The number of aromatic amines is 1. The van der Waals surface area contributed by atoms with Crippen molar-refractivity contribution < 1.29 is 0 Å². The van der Waals surface area contributed by atoms with Crippen molar-refractivity contribution in [3.63, 3.8) is 0 Å². The van der Waals surface area contributed by atoms with Crippen molar-refractivity contribution in [2.75, 3.05) is 0 Å². The van der Waals surface area contributed by atoms with E-state index in [2.05, 4.69) is 32.6 Å². The quantitative estimate of drug-likeness (QED) is 0.728. The van der Waals surface area contributed by atoms with Crippen molar-refractivity contribution in [2.24, 2.45) is 0 Å². The first-order chi connectivity index (χ1) is 13.1. The smallest absolute Gasteiger partial charge is 0.118 e. The summed E-state index contributed by atoms with van der Waals surface area (Å²) in [7, 11) is 0. The monoisotopic (exact) mass is 352 g/mol. The molecule has 0 bridgehead atoms. The Morgan fingerprint density at radius 1 is 1.00 bits per heavy atom. The Morgan fingerprint density at radius 3 is 2.37 bits per heavy atom. The predicted octanol–water partition coefficient (Wildman–Crippen LogP) is 3.91. The average Bonchev–Trinajstić information content (AvgIpc) is 3.11. The highest BCUT2D eigenvalue weighted by Crippen LogP contribution is 2.39. The van der Waals surface area contributed by atoms with Crippen molar-refractivity contribution in [3.05, 3.63) is 70.7 Å². The Bertz CT molecular complexity index is 1150. The molecule has 2 aromatic heterocycles. The van der Waals surface area contributed by atoms with E-state index in [0.29, 0.717) is 11.1 Å². The van der Waals surface area contributed by atoms with Gasteiger partial charge < -0.3 is 5.32 Å². The minimum atomic E-state index is -0.392. The standard InChI is InChI=1S/C21H16N6/c1-12-16(10-22)20(17(11-23)13(2)25-12)14-6-7-18-15(9-14)21(27-26-18)19-5-3-4-8-24-19/h3-9,20,25H,1-2H3,(H,26,27). The van der Waals surface area contributed by atoms with Crippen molar-refractivity contribution in [3.8, 4) is 23.5 Å². The molecule has 0 aliphatic carbocycles. The highest BCUT2D eigenvalue weighted by molar-refractivity contribution is 5.92. The number of H-pyrrole nitrogens is 1. The molecule has 1 aromatic carbocycles. The number of hydrogen-bond donors (Lipinski definition) is 2. The number of nitriles is 2. The van der Waals surface area contributed by atoms with Gasteiger partial charge in [0.05, 0.1) is 40.4 Å². The van der Waals surface area contributed by atoms with E-state index in [1.54, 1.807) is 6.20 Å². The molecule has 0 saturated carbocycles. The van der Waals surface area contributed by atoms with E-state index in [4.69, 9.17) is 0 Å². The Kier molecular flexibility index (Phi) is 3.95. The predicted molar refractivity (Wildman–Crippen MR) is 102 cm³/mol. The van der Waals surface area contributed by atoms with Crippen LogP contribution in [0.15, 0.2) is 65.1 Å². The summed E-state index contributed by atoms with van der Waals surface area (Å²) in [6.45, 7) is 3.72. The third-order valence-electron chi connectivity index (χ3n) is 4.83. The van der Waals surface area contributed by atoms with Gasteiger partial charge in [-0.25, -0.2) is 0 Å². The Labute approximate surface area is 156 Å². The lowest BCUT2D eigenvalue weighted by Crippen LogP contribution is -2.23. The highest BCUT2D eigenvalue weighted by atomic mass is 15.1. The molecule has 3 aromatic rings. The van der Waals surface area contributed by atoms with Gasteiger partial charge >= 0.3 is 0 Å². The van der Waals surface area contributed by atoms with Crippen LogP contribution in [0, 0.1) is 22.7 Å². The largest absolute Gasteiger partial charge is 0.361 e. The summed E-state index contributed by atoms with van der Waals surface area (Å²) < 4.78 is 0. The van der Waals surface area contributed by atoms with Gasteiger partial charge in [0.25, 0.3) is 0 Å². The molecule has 0 atom stereocenters. The zero-order valence-corrected chi connectivity index (χ0v) is 14.9. The maximum Gasteiger partial charge on any atom is 0.118 e. The summed E-state index contributed by atoms with van der Waals surface area (Å²) >= 11 is 0. The second-order valence-electron chi connectivity index (χ2n) is 6.45. The number of nitrogens with one attached hydrogen (secondary N) is 2. The molecular weight excluding hydrogens is 336 g/mol. The molecule has 0 amide bonds. The normalized spacial score (nSPS) is 14.8. The van der Waals surface area contributed by atoms with Crippen LogP contribution in [0.2, 0.25) is 0 Å². The van der Waals surface area contributed by atoms with Crippen molar-refractivity contribution in [1.82, 2.24) is 20.5 Å². The van der Waals surface area contributed by atoms with Crippen LogP contribution in [-0.4, -0.2) is 15.2 Å². The molecule has 0 spiro atoms. The third-order valence-corrected chi connectivity index (χ3v) is 4.83. The van der Waals surface area contributed by atoms with Gasteiger partial charge in [-0.05, 0) is 43.7 Å². The van der Waals surface area contributed by atoms with E-state index < -0.39 is 5.92 Å². The fourth-order valence-corrected chi connectivity index (χ4v) is 3.53. The molecule has 0 saturated heterocycles. The fraction of sp³-hybridized carbons (Fsp3) is 0.143. The van der Waals surface area contributed by atoms with Gasteiger partial charge in [-0.3, -0.25) is 10.1 Å². The Morgan fingerprint density at radius 2 is 1.74 bits per heavy atom. The van der Waals surface area contributed by atoms with Crippen molar-refractivity contribution in [1.29, 1.82) is 10.5 Å². The van der Waals surface area contributed by atoms with Crippen LogP contribution in [0.25, 0.3) is 22.3 Å². The number of rotatable bonds is 2. The van der Waals surface area contributed by atoms with Gasteiger partial charge in [0, 0.05) is 23.0 Å². The van der Waals surface area contributed by atoms with Crippen LogP contribution >= 0.6 is 0 Å². The lowest BCUT2D eigenvalue weighted by atomic mass is 9.81. The number of dihydropyridines is 1. The molecule has 3 heterocycles. The van der Waals surface area contributed by atoms with Crippen molar-refractivity contribution in [2.45, 2.75) is 19.8 Å². The van der Waals surface area contributed by atoms with E-state index in [1.165, 1.54) is 0 Å². The van der Waals surface area contributed by atoms with E-state index in [9.17, 15) is 10.5 Å². The second-order valence-corrected chi connectivity index (χ2v) is 6.45. The lowest BCUT2D eigenvalue weighted by molar-refractivity contribution is 0.815. The first-order valence-electron chi connectivity index (χ1n) is 8.52. The molecular formula is C21H16N6. The molecule has 130 valence electrons. The fourth-order valence-electron chi connectivity index (χ4n) is 3.53. The molecule has 6 nitrogen and oxygen atoms in total. The molecule has 0 fully saturated rings. The average molecular weight is 352 g/mol. The number of pyridine rings is 1. The third kappa shape index (κ3) is 2.65. The summed E-state index contributed by atoms with van der Waals surface area (Å²) in [5, 5.41) is 30.9. The minimum Gasteiger partial charge on any atom is -0.361 e. The van der Waals surface area contributed by atoms with E-state index in [0.717, 1.165) is 39.2 Å². The van der Waals surface area contributed by atoms with Crippen LogP contribution in [0.1, 0.15) is 25.3 Å². The number of hydrogen-bond acceptors (Lipinski definition) is 5. The van der Waals surface area contributed by atoms with Crippen LogP contribution in [0.4, 0.5) is 0 Å². The minimum absolute atomic E-state index is 0.392. The van der Waals surface area contributed by atoms with E-state index >= 15 is 0 Å². The highest BCUT2D eigenvalue weighted by Gasteiger charge is 2.29. The summed E-state index contributed by atoms with van der Waals surface area (Å²) in [6.07, 6.45) is 1.73. The van der Waals surface area contributed by atoms with Crippen LogP contribution < -0.4 is 5.32 Å². The number of nitrogens with zero attached hydrogens (tertiary/aromatic N) is 4. The van der Waals surface area contributed by atoms with E-state index in [-0.39, 0.29) is 0 Å². The Hall–Kier alpha value is -3.90. The number of aromatic nitrogens is 3. The van der Waals surface area contributed by atoms with Gasteiger partial charge in [0.2, 0.25) is 0 Å². The number of fused-ring (bicyclic) bond motifs is 1. The zero-order chi connectivity index (χ0) is 19.0. The van der Waals surface area contributed by atoms with Crippen LogP contribution in [0.3, 0.4) is 0 Å². The lowest BCUT2D eigenvalue weighted by Gasteiger charge is -2.26. The van der Waals surface area contributed by atoms with Gasteiger partial charge in [-0.1, -0.05) is 12.1 Å². The summed E-state index contributed by atoms with van der Waals surface area (Å²) in [5.74, 6) is -0.392. The summed E-state index contributed by atoms with van der Waals surface area (Å²) in [4.78, 5) is 4.38. The van der Waals surface area contributed by atoms with Gasteiger partial charge in [-0.15, -0.1) is 0 Å². The molecule has 2 N–H and O–H groups in total. The maximum absolute atomic E-state index is 9.69.